The minimum absolute atomic E-state index is 0.0505. The molecular weight excluding hydrogens is 342 g/mol. The summed E-state index contributed by atoms with van der Waals surface area (Å²) < 4.78 is 32.9. The van der Waals surface area contributed by atoms with E-state index in [2.05, 4.69) is 5.32 Å². The van der Waals surface area contributed by atoms with E-state index in [0.717, 1.165) is 22.6 Å². The van der Waals surface area contributed by atoms with Crippen molar-refractivity contribution >= 4 is 17.5 Å². The lowest BCUT2D eigenvalue weighted by molar-refractivity contribution is -0.126. The minimum atomic E-state index is -0.822. The fourth-order valence-corrected chi connectivity index (χ4v) is 2.92. The molecule has 1 saturated heterocycles. The first-order valence-corrected chi connectivity index (χ1v) is 8.14. The van der Waals surface area contributed by atoms with Gasteiger partial charge in [0.1, 0.15) is 23.1 Å². The number of amides is 2. The van der Waals surface area contributed by atoms with Crippen LogP contribution in [-0.2, 0) is 16.1 Å². The molecule has 1 unspecified atom stereocenters. The number of ether oxygens (including phenoxy) is 1. The van der Waals surface area contributed by atoms with Crippen molar-refractivity contribution in [2.45, 2.75) is 13.0 Å². The summed E-state index contributed by atoms with van der Waals surface area (Å²) in [6.45, 7) is 0.243. The normalized spacial score (nSPS) is 16.7. The van der Waals surface area contributed by atoms with E-state index in [1.165, 1.54) is 6.07 Å². The number of benzene rings is 2. The van der Waals surface area contributed by atoms with Crippen LogP contribution < -0.4 is 15.0 Å². The maximum absolute atomic E-state index is 13.9. The van der Waals surface area contributed by atoms with Gasteiger partial charge in [0.15, 0.2) is 0 Å². The summed E-state index contributed by atoms with van der Waals surface area (Å²) in [5.41, 5.74) is 0.475. The predicted octanol–water partition coefficient (Wildman–Crippen LogP) is 2.64. The van der Waals surface area contributed by atoms with Gasteiger partial charge < -0.3 is 15.0 Å². The van der Waals surface area contributed by atoms with Gasteiger partial charge in [-0.2, -0.15) is 0 Å². The average Bonchev–Trinajstić information content (AvgIpc) is 3.01. The monoisotopic (exact) mass is 360 g/mol. The molecule has 2 amide bonds. The van der Waals surface area contributed by atoms with Gasteiger partial charge in [0.25, 0.3) is 0 Å². The molecule has 0 aromatic heterocycles. The summed E-state index contributed by atoms with van der Waals surface area (Å²) in [4.78, 5) is 25.5. The molecular formula is C19H18F2N2O3. The number of hydrogen-bond donors (Lipinski definition) is 1. The lowest BCUT2D eigenvalue weighted by Crippen LogP contribution is -2.33. The summed E-state index contributed by atoms with van der Waals surface area (Å²) in [7, 11) is 1.57. The van der Waals surface area contributed by atoms with Crippen LogP contribution in [0, 0.1) is 17.6 Å². The van der Waals surface area contributed by atoms with Crippen LogP contribution in [0.3, 0.4) is 0 Å². The van der Waals surface area contributed by atoms with Gasteiger partial charge in [0.2, 0.25) is 11.8 Å². The molecule has 0 spiro atoms. The molecule has 5 nitrogen and oxygen atoms in total. The highest BCUT2D eigenvalue weighted by atomic mass is 19.1. The molecule has 1 fully saturated rings. The molecule has 3 rings (SSSR count). The molecule has 7 heteroatoms. The maximum Gasteiger partial charge on any atom is 0.228 e. The first kappa shape index (κ1) is 17.8. The number of rotatable bonds is 5. The van der Waals surface area contributed by atoms with Crippen molar-refractivity contribution in [1.29, 1.82) is 0 Å². The highest BCUT2D eigenvalue weighted by Gasteiger charge is 2.37. The van der Waals surface area contributed by atoms with Gasteiger partial charge in [-0.3, -0.25) is 9.59 Å². The Morgan fingerprint density at radius 1 is 1.19 bits per heavy atom. The van der Waals surface area contributed by atoms with Crippen LogP contribution in [0.15, 0.2) is 42.5 Å². The van der Waals surface area contributed by atoms with Crippen LogP contribution in [0.25, 0.3) is 0 Å². The third-order valence-electron chi connectivity index (χ3n) is 4.33. The van der Waals surface area contributed by atoms with Crippen LogP contribution in [0.5, 0.6) is 5.75 Å². The molecule has 1 heterocycles. The summed E-state index contributed by atoms with van der Waals surface area (Å²) in [5.74, 6) is -2.38. The smallest absolute Gasteiger partial charge is 0.228 e. The zero-order valence-corrected chi connectivity index (χ0v) is 14.2. The van der Waals surface area contributed by atoms with Crippen molar-refractivity contribution in [3.8, 4) is 5.75 Å². The fraction of sp³-hybridized carbons (Fsp3) is 0.263. The van der Waals surface area contributed by atoms with Gasteiger partial charge in [-0.25, -0.2) is 8.78 Å². The van der Waals surface area contributed by atoms with Crippen LogP contribution in [0.4, 0.5) is 14.5 Å². The third-order valence-corrected chi connectivity index (χ3v) is 4.33. The maximum atomic E-state index is 13.9. The topological polar surface area (TPSA) is 58.6 Å². The summed E-state index contributed by atoms with van der Waals surface area (Å²) in [6.07, 6.45) is -0.0811. The number of carbonyl (C=O) groups is 2. The van der Waals surface area contributed by atoms with E-state index in [0.29, 0.717) is 12.3 Å². The van der Waals surface area contributed by atoms with Gasteiger partial charge in [-0.1, -0.05) is 18.2 Å². The molecule has 0 aliphatic carbocycles. The van der Waals surface area contributed by atoms with Crippen LogP contribution in [-0.4, -0.2) is 25.5 Å². The van der Waals surface area contributed by atoms with Gasteiger partial charge >= 0.3 is 0 Å². The highest BCUT2D eigenvalue weighted by Crippen LogP contribution is 2.29. The first-order chi connectivity index (χ1) is 12.5. The molecule has 136 valence electrons. The summed E-state index contributed by atoms with van der Waals surface area (Å²) >= 11 is 0. The number of halogens is 2. The Labute approximate surface area is 149 Å². The van der Waals surface area contributed by atoms with E-state index in [1.54, 1.807) is 19.2 Å². The van der Waals surface area contributed by atoms with E-state index in [4.69, 9.17) is 4.74 Å². The Morgan fingerprint density at radius 2 is 1.85 bits per heavy atom. The second-order valence-corrected chi connectivity index (χ2v) is 6.04. The van der Waals surface area contributed by atoms with E-state index >= 15 is 0 Å². The molecule has 1 aliphatic rings. The second-order valence-electron chi connectivity index (χ2n) is 6.04. The molecule has 1 N–H and O–H groups in total. The molecule has 2 aromatic carbocycles. The van der Waals surface area contributed by atoms with Crippen LogP contribution >= 0.6 is 0 Å². The van der Waals surface area contributed by atoms with Crippen molar-refractivity contribution in [2.24, 2.45) is 5.92 Å². The molecule has 0 radical (unpaired) electrons. The highest BCUT2D eigenvalue weighted by molar-refractivity contribution is 6.00. The Balaban J connectivity index is 1.63. The number of hydrogen-bond acceptors (Lipinski definition) is 3. The summed E-state index contributed by atoms with van der Waals surface area (Å²) in [6, 6.07) is 10.6. The number of carbonyl (C=O) groups excluding carboxylic acids is 2. The Morgan fingerprint density at radius 3 is 2.46 bits per heavy atom. The van der Waals surface area contributed by atoms with Crippen molar-refractivity contribution < 1.29 is 23.1 Å². The molecule has 0 bridgehead atoms. The quantitative estimate of drug-likeness (QED) is 0.892. The SMILES string of the molecule is COc1ccc(CNC(=O)C2CC(=O)N(c3c(F)cccc3F)C2)cc1. The van der Waals surface area contributed by atoms with E-state index in [-0.39, 0.29) is 18.9 Å². The van der Waals surface area contributed by atoms with Crippen molar-refractivity contribution in [1.82, 2.24) is 5.32 Å². The minimum Gasteiger partial charge on any atom is -0.497 e. The van der Waals surface area contributed by atoms with Gasteiger partial charge in [-0.15, -0.1) is 0 Å². The molecule has 2 aromatic rings. The number of para-hydroxylation sites is 1. The second kappa shape index (κ2) is 7.51. The van der Waals surface area contributed by atoms with Crippen molar-refractivity contribution in [3.63, 3.8) is 0 Å². The van der Waals surface area contributed by atoms with Crippen molar-refractivity contribution in [3.05, 3.63) is 59.7 Å². The lowest BCUT2D eigenvalue weighted by Gasteiger charge is -2.18. The first-order valence-electron chi connectivity index (χ1n) is 8.14. The Bertz CT molecular complexity index is 804. The average molecular weight is 360 g/mol. The molecule has 1 atom stereocenters. The standard InChI is InChI=1S/C19H18F2N2O3/c1-26-14-7-5-12(6-8-14)10-22-19(25)13-9-17(24)23(11-13)18-15(20)3-2-4-16(18)21/h2-8,13H,9-11H2,1H3,(H,22,25). The van der Waals surface area contributed by atoms with E-state index in [1.807, 2.05) is 12.1 Å². The Kier molecular flexibility index (Phi) is 5.16. The summed E-state index contributed by atoms with van der Waals surface area (Å²) in [5, 5.41) is 2.75. The number of methoxy groups -OCH3 is 1. The van der Waals surface area contributed by atoms with Gasteiger partial charge in [0, 0.05) is 19.5 Å². The number of nitrogens with one attached hydrogen (secondary N) is 1. The van der Waals surface area contributed by atoms with E-state index in [9.17, 15) is 18.4 Å². The van der Waals surface area contributed by atoms with Crippen LogP contribution in [0.2, 0.25) is 0 Å². The fourth-order valence-electron chi connectivity index (χ4n) is 2.92. The largest absolute Gasteiger partial charge is 0.497 e. The number of nitrogens with zero attached hydrogens (tertiary/aromatic N) is 1. The zero-order chi connectivity index (χ0) is 18.7. The van der Waals surface area contributed by atoms with Crippen molar-refractivity contribution in [2.75, 3.05) is 18.6 Å². The number of anilines is 1. The molecule has 26 heavy (non-hydrogen) atoms. The van der Waals surface area contributed by atoms with Crippen LogP contribution in [0.1, 0.15) is 12.0 Å². The van der Waals surface area contributed by atoms with Gasteiger partial charge in [-0.05, 0) is 29.8 Å². The molecule has 0 saturated carbocycles. The zero-order valence-electron chi connectivity index (χ0n) is 14.2. The lowest BCUT2D eigenvalue weighted by atomic mass is 10.1. The third kappa shape index (κ3) is 3.66. The predicted molar refractivity (Wildman–Crippen MR) is 91.7 cm³/mol. The Hall–Kier alpha value is -2.96. The van der Waals surface area contributed by atoms with Gasteiger partial charge in [0.05, 0.1) is 13.0 Å². The molecule has 1 aliphatic heterocycles. The van der Waals surface area contributed by atoms with E-state index < -0.39 is 29.1 Å².